The Kier molecular flexibility index (Phi) is 4.21. The van der Waals surface area contributed by atoms with Crippen LogP contribution >= 0.6 is 0 Å². The number of nitrogens with zero attached hydrogens (tertiary/aromatic N) is 5. The smallest absolute Gasteiger partial charge is 0.262 e. The van der Waals surface area contributed by atoms with Gasteiger partial charge in [-0.25, -0.2) is 18.4 Å². The maximum absolute atomic E-state index is 12.9. The van der Waals surface area contributed by atoms with Crippen molar-refractivity contribution in [2.24, 2.45) is 7.05 Å². The van der Waals surface area contributed by atoms with E-state index in [9.17, 15) is 8.42 Å². The second-order valence-corrected chi connectivity index (χ2v) is 8.04. The summed E-state index contributed by atoms with van der Waals surface area (Å²) in [5, 5.41) is 10.4. The second-order valence-electron chi connectivity index (χ2n) is 6.20. The molecule has 0 radical (unpaired) electrons. The standard InChI is InChI=1S/C16H19N7O2S/c1-22-10-16(18-11-22)26(24,25)23-8-4-5-13(23)12-9-15(21-20-12)19-14-6-2-3-7-17-14/h2-3,6-7,9-11,13H,4-5,8H2,1H3,(H2,17,19,20,21). The zero-order chi connectivity index (χ0) is 18.1. The van der Waals surface area contributed by atoms with Gasteiger partial charge in [-0.2, -0.15) is 9.40 Å². The summed E-state index contributed by atoms with van der Waals surface area (Å²) >= 11 is 0. The number of aromatic nitrogens is 5. The Morgan fingerprint density at radius 3 is 2.88 bits per heavy atom. The van der Waals surface area contributed by atoms with Gasteiger partial charge in [0.1, 0.15) is 5.82 Å². The van der Waals surface area contributed by atoms with E-state index in [1.807, 2.05) is 24.3 Å². The molecule has 0 aromatic carbocycles. The van der Waals surface area contributed by atoms with E-state index in [0.717, 1.165) is 18.5 Å². The molecule has 26 heavy (non-hydrogen) atoms. The van der Waals surface area contributed by atoms with Gasteiger partial charge in [0.05, 0.1) is 18.1 Å². The molecule has 1 unspecified atom stereocenters. The van der Waals surface area contributed by atoms with Gasteiger partial charge in [-0.05, 0) is 25.0 Å². The number of imidazole rings is 1. The lowest BCUT2D eigenvalue weighted by atomic mass is 10.2. The first-order valence-electron chi connectivity index (χ1n) is 8.27. The van der Waals surface area contributed by atoms with E-state index < -0.39 is 10.0 Å². The predicted molar refractivity (Wildman–Crippen MR) is 95.2 cm³/mol. The molecule has 10 heteroatoms. The van der Waals surface area contributed by atoms with Crippen LogP contribution in [0.25, 0.3) is 0 Å². The van der Waals surface area contributed by atoms with Gasteiger partial charge in [-0.3, -0.25) is 5.10 Å². The number of aryl methyl sites for hydroxylation is 1. The average Bonchev–Trinajstić information content (AvgIpc) is 3.35. The van der Waals surface area contributed by atoms with E-state index in [0.29, 0.717) is 18.2 Å². The quantitative estimate of drug-likeness (QED) is 0.706. The maximum Gasteiger partial charge on any atom is 0.262 e. The highest BCUT2D eigenvalue weighted by atomic mass is 32.2. The van der Waals surface area contributed by atoms with Crippen LogP contribution in [-0.2, 0) is 17.1 Å². The van der Waals surface area contributed by atoms with Crippen LogP contribution in [0.3, 0.4) is 0 Å². The molecule has 0 bridgehead atoms. The summed E-state index contributed by atoms with van der Waals surface area (Å²) in [5.41, 5.74) is 0.750. The minimum absolute atomic E-state index is 0.0678. The number of nitrogens with one attached hydrogen (secondary N) is 2. The molecule has 2 N–H and O–H groups in total. The zero-order valence-electron chi connectivity index (χ0n) is 14.2. The number of pyridine rings is 1. The molecule has 1 aliphatic heterocycles. The molecule has 0 aliphatic carbocycles. The number of H-pyrrole nitrogens is 1. The summed E-state index contributed by atoms with van der Waals surface area (Å²) < 4.78 is 29.0. The molecule has 4 heterocycles. The van der Waals surface area contributed by atoms with Crippen molar-refractivity contribution >= 4 is 21.7 Å². The largest absolute Gasteiger partial charge is 0.339 e. The van der Waals surface area contributed by atoms with Crippen molar-refractivity contribution in [3.8, 4) is 0 Å². The van der Waals surface area contributed by atoms with Gasteiger partial charge in [-0.15, -0.1) is 0 Å². The molecular formula is C16H19N7O2S. The molecule has 1 aliphatic rings. The van der Waals surface area contributed by atoms with E-state index >= 15 is 0 Å². The maximum atomic E-state index is 12.9. The van der Waals surface area contributed by atoms with Crippen LogP contribution in [0.4, 0.5) is 11.6 Å². The Balaban J connectivity index is 1.57. The van der Waals surface area contributed by atoms with Crippen molar-refractivity contribution < 1.29 is 8.42 Å². The molecule has 0 saturated carbocycles. The molecule has 4 rings (SSSR count). The van der Waals surface area contributed by atoms with Crippen molar-refractivity contribution in [2.75, 3.05) is 11.9 Å². The molecule has 0 amide bonds. The van der Waals surface area contributed by atoms with E-state index in [2.05, 4.69) is 25.5 Å². The molecule has 9 nitrogen and oxygen atoms in total. The van der Waals surface area contributed by atoms with E-state index in [4.69, 9.17) is 0 Å². The van der Waals surface area contributed by atoms with Gasteiger partial charge < -0.3 is 9.88 Å². The molecule has 1 saturated heterocycles. The summed E-state index contributed by atoms with van der Waals surface area (Å²) in [6.45, 7) is 0.464. The van der Waals surface area contributed by atoms with Crippen molar-refractivity contribution in [2.45, 2.75) is 23.9 Å². The molecule has 1 fully saturated rings. The Bertz CT molecular complexity index is 997. The highest BCUT2D eigenvalue weighted by Gasteiger charge is 2.38. The Hall–Kier alpha value is -2.72. The lowest BCUT2D eigenvalue weighted by Crippen LogP contribution is -2.31. The number of rotatable bonds is 5. The van der Waals surface area contributed by atoms with Gasteiger partial charge >= 0.3 is 0 Å². The highest BCUT2D eigenvalue weighted by molar-refractivity contribution is 7.89. The summed E-state index contributed by atoms with van der Waals surface area (Å²) in [4.78, 5) is 8.20. The Morgan fingerprint density at radius 2 is 2.15 bits per heavy atom. The molecule has 136 valence electrons. The number of sulfonamides is 1. The molecule has 3 aromatic rings. The number of aromatic amines is 1. The lowest BCUT2D eigenvalue weighted by molar-refractivity contribution is 0.388. The fourth-order valence-corrected chi connectivity index (χ4v) is 4.76. The van der Waals surface area contributed by atoms with E-state index in [1.165, 1.54) is 16.8 Å². The summed E-state index contributed by atoms with van der Waals surface area (Å²) in [7, 11) is -1.90. The van der Waals surface area contributed by atoms with Crippen LogP contribution < -0.4 is 5.32 Å². The van der Waals surface area contributed by atoms with Crippen molar-refractivity contribution in [3.05, 3.63) is 48.7 Å². The molecule has 1 atom stereocenters. The fourth-order valence-electron chi connectivity index (χ4n) is 3.12. The molecule has 3 aromatic heterocycles. The van der Waals surface area contributed by atoms with E-state index in [1.54, 1.807) is 17.8 Å². The van der Waals surface area contributed by atoms with Crippen molar-refractivity contribution in [1.29, 1.82) is 0 Å². The monoisotopic (exact) mass is 373 g/mol. The number of anilines is 2. The van der Waals surface area contributed by atoms with Crippen LogP contribution in [-0.4, -0.2) is 44.0 Å². The van der Waals surface area contributed by atoms with Crippen molar-refractivity contribution in [3.63, 3.8) is 0 Å². The summed E-state index contributed by atoms with van der Waals surface area (Å²) in [5.74, 6) is 1.27. The van der Waals surface area contributed by atoms with Crippen LogP contribution in [0.15, 0.2) is 48.0 Å². The third-order valence-corrected chi connectivity index (χ3v) is 6.13. The predicted octanol–water partition coefficient (Wildman–Crippen LogP) is 1.81. The highest BCUT2D eigenvalue weighted by Crippen LogP contribution is 2.36. The van der Waals surface area contributed by atoms with E-state index in [-0.39, 0.29) is 11.1 Å². The third-order valence-electron chi connectivity index (χ3n) is 4.34. The van der Waals surface area contributed by atoms with Crippen LogP contribution in [0.2, 0.25) is 0 Å². The van der Waals surface area contributed by atoms with Gasteiger partial charge in [0.2, 0.25) is 0 Å². The van der Waals surface area contributed by atoms with Gasteiger partial charge in [-0.1, -0.05) is 6.07 Å². The first-order valence-corrected chi connectivity index (χ1v) is 9.71. The topological polar surface area (TPSA) is 109 Å². The lowest BCUT2D eigenvalue weighted by Gasteiger charge is -2.21. The molecular weight excluding hydrogens is 354 g/mol. The number of hydrogen-bond acceptors (Lipinski definition) is 6. The minimum atomic E-state index is -3.64. The zero-order valence-corrected chi connectivity index (χ0v) is 15.0. The van der Waals surface area contributed by atoms with Crippen LogP contribution in [0.1, 0.15) is 24.6 Å². The van der Waals surface area contributed by atoms with Gasteiger partial charge in [0.25, 0.3) is 10.0 Å². The first kappa shape index (κ1) is 16.7. The van der Waals surface area contributed by atoms with Gasteiger partial charge in [0, 0.05) is 32.1 Å². The Labute approximate surface area is 151 Å². The minimum Gasteiger partial charge on any atom is -0.339 e. The van der Waals surface area contributed by atoms with Crippen LogP contribution in [0, 0.1) is 0 Å². The second kappa shape index (κ2) is 6.54. The fraction of sp³-hybridized carbons (Fsp3) is 0.312. The summed E-state index contributed by atoms with van der Waals surface area (Å²) in [6, 6.07) is 7.09. The normalized spacial score (nSPS) is 18.3. The first-order chi connectivity index (χ1) is 12.5. The Morgan fingerprint density at radius 1 is 1.27 bits per heavy atom. The average molecular weight is 373 g/mol. The summed E-state index contributed by atoms with van der Waals surface area (Å²) in [6.07, 6.45) is 6.22. The van der Waals surface area contributed by atoms with Crippen molar-refractivity contribution in [1.82, 2.24) is 29.0 Å². The molecule has 0 spiro atoms. The SMILES string of the molecule is Cn1cnc(S(=O)(=O)N2CCCC2c2cc(Nc3ccccn3)n[nH]2)c1. The van der Waals surface area contributed by atoms with Crippen LogP contribution in [0.5, 0.6) is 0 Å². The number of hydrogen-bond donors (Lipinski definition) is 2. The third kappa shape index (κ3) is 3.08. The van der Waals surface area contributed by atoms with Gasteiger partial charge in [0.15, 0.2) is 10.8 Å².